The molecule has 0 bridgehead atoms. The molecule has 2 rings (SSSR count). The van der Waals surface area contributed by atoms with Gasteiger partial charge in [0.1, 0.15) is 0 Å². The van der Waals surface area contributed by atoms with E-state index in [0.717, 1.165) is 5.56 Å². The molecule has 1 aliphatic rings. The summed E-state index contributed by atoms with van der Waals surface area (Å²) in [5.74, 6) is -0.167. The molecule has 0 spiro atoms. The summed E-state index contributed by atoms with van der Waals surface area (Å²) >= 11 is 0. The van der Waals surface area contributed by atoms with Gasteiger partial charge in [-0.3, -0.25) is 4.79 Å². The minimum absolute atomic E-state index is 0.167. The van der Waals surface area contributed by atoms with Crippen LogP contribution in [-0.2, 0) is 14.6 Å². The minimum Gasteiger partial charge on any atom is -0.318 e. The Kier molecular flexibility index (Phi) is 3.53. The summed E-state index contributed by atoms with van der Waals surface area (Å²) in [5.41, 5.74) is 5.70. The highest BCUT2D eigenvalue weighted by Gasteiger charge is 2.47. The lowest BCUT2D eigenvalue weighted by Crippen LogP contribution is -2.59. The molecule has 0 saturated heterocycles. The monoisotopic (exact) mass is 281 g/mol. The molecular formula is C14H19NO3S. The molecule has 1 aliphatic carbocycles. The van der Waals surface area contributed by atoms with Gasteiger partial charge in [0.2, 0.25) is 0 Å². The van der Waals surface area contributed by atoms with Gasteiger partial charge in [0.25, 0.3) is 0 Å². The van der Waals surface area contributed by atoms with Crippen LogP contribution in [0.2, 0.25) is 0 Å². The average Bonchev–Trinajstić information content (AvgIpc) is 2.33. The van der Waals surface area contributed by atoms with Crippen molar-refractivity contribution in [1.82, 2.24) is 0 Å². The van der Waals surface area contributed by atoms with Crippen LogP contribution in [-0.4, -0.2) is 25.0 Å². The van der Waals surface area contributed by atoms with Gasteiger partial charge >= 0.3 is 0 Å². The van der Waals surface area contributed by atoms with E-state index in [-0.39, 0.29) is 10.7 Å². The Morgan fingerprint density at radius 2 is 1.84 bits per heavy atom. The molecule has 2 N–H and O–H groups in total. The van der Waals surface area contributed by atoms with Crippen molar-refractivity contribution in [3.63, 3.8) is 0 Å². The first-order chi connectivity index (χ1) is 8.76. The first kappa shape index (κ1) is 14.2. The van der Waals surface area contributed by atoms with Crippen molar-refractivity contribution in [1.29, 1.82) is 0 Å². The topological polar surface area (TPSA) is 77.2 Å². The number of aryl methyl sites for hydroxylation is 1. The fraction of sp³-hybridized carbons (Fsp3) is 0.500. The van der Waals surface area contributed by atoms with E-state index in [1.807, 2.05) is 6.92 Å². The maximum atomic E-state index is 12.6. The molecule has 4 nitrogen and oxygen atoms in total. The summed E-state index contributed by atoms with van der Waals surface area (Å²) in [4.78, 5) is 12.1. The Morgan fingerprint density at radius 3 is 2.42 bits per heavy atom. The number of carbonyl (C=O) groups is 1. The molecule has 1 fully saturated rings. The van der Waals surface area contributed by atoms with Crippen molar-refractivity contribution in [3.05, 3.63) is 29.8 Å². The van der Waals surface area contributed by atoms with Crippen LogP contribution in [0.5, 0.6) is 0 Å². The van der Waals surface area contributed by atoms with Gasteiger partial charge in [-0.25, -0.2) is 8.42 Å². The van der Waals surface area contributed by atoms with Gasteiger partial charge in [-0.2, -0.15) is 0 Å². The predicted octanol–water partition coefficient (Wildman–Crippen LogP) is 1.61. The Labute approximate surface area is 113 Å². The lowest BCUT2D eigenvalue weighted by Gasteiger charge is -2.36. The standard InChI is InChI=1S/C14H19NO3S/c1-10-6-8-11(9-7-10)19(17,18)13-5-3-4-12(16)14(13,2)15/h6-9,13H,3-5,15H2,1-2H3. The van der Waals surface area contributed by atoms with E-state index >= 15 is 0 Å². The summed E-state index contributed by atoms with van der Waals surface area (Å²) in [7, 11) is -3.57. The fourth-order valence-electron chi connectivity index (χ4n) is 2.57. The molecule has 0 aliphatic heterocycles. The highest BCUT2D eigenvalue weighted by Crippen LogP contribution is 2.32. The molecule has 0 aromatic heterocycles. The normalized spacial score (nSPS) is 28.4. The van der Waals surface area contributed by atoms with E-state index in [2.05, 4.69) is 0 Å². The molecule has 2 unspecified atom stereocenters. The predicted molar refractivity (Wildman–Crippen MR) is 73.6 cm³/mol. The number of rotatable bonds is 2. The molecule has 0 radical (unpaired) electrons. The van der Waals surface area contributed by atoms with E-state index < -0.39 is 20.6 Å². The zero-order valence-electron chi connectivity index (χ0n) is 11.2. The summed E-state index contributed by atoms with van der Waals surface area (Å²) < 4.78 is 25.3. The third kappa shape index (κ3) is 2.44. The molecule has 1 saturated carbocycles. The molecule has 1 aromatic rings. The Balaban J connectivity index is 2.44. The number of sulfone groups is 1. The molecule has 2 atom stereocenters. The van der Waals surface area contributed by atoms with E-state index in [4.69, 9.17) is 5.73 Å². The van der Waals surface area contributed by atoms with E-state index in [0.29, 0.717) is 19.3 Å². The number of nitrogens with two attached hydrogens (primary N) is 1. The molecule has 1 aromatic carbocycles. The van der Waals surface area contributed by atoms with Crippen LogP contribution in [0.25, 0.3) is 0 Å². The van der Waals surface area contributed by atoms with Crippen LogP contribution in [0.15, 0.2) is 29.2 Å². The Morgan fingerprint density at radius 1 is 1.26 bits per heavy atom. The van der Waals surface area contributed by atoms with Crippen molar-refractivity contribution < 1.29 is 13.2 Å². The van der Waals surface area contributed by atoms with E-state index in [1.54, 1.807) is 24.3 Å². The minimum atomic E-state index is -3.57. The SMILES string of the molecule is Cc1ccc(S(=O)(=O)C2CCCC(=O)C2(C)N)cc1. The van der Waals surface area contributed by atoms with E-state index in [9.17, 15) is 13.2 Å². The number of hydrogen-bond donors (Lipinski definition) is 1. The van der Waals surface area contributed by atoms with Gasteiger partial charge in [0.05, 0.1) is 15.7 Å². The Bertz CT molecular complexity index is 588. The van der Waals surface area contributed by atoms with Crippen LogP contribution in [0.3, 0.4) is 0 Å². The lowest BCUT2D eigenvalue weighted by molar-refractivity contribution is -0.125. The van der Waals surface area contributed by atoms with Crippen LogP contribution in [0.1, 0.15) is 31.7 Å². The molecule has 104 valence electrons. The zero-order valence-corrected chi connectivity index (χ0v) is 12.0. The largest absolute Gasteiger partial charge is 0.318 e. The van der Waals surface area contributed by atoms with E-state index in [1.165, 1.54) is 6.92 Å². The molecule has 0 heterocycles. The van der Waals surface area contributed by atoms with Crippen LogP contribution < -0.4 is 5.73 Å². The number of Topliss-reactive ketones (excluding diaryl/α,β-unsaturated/α-hetero) is 1. The third-order valence-electron chi connectivity index (χ3n) is 3.86. The first-order valence-electron chi connectivity index (χ1n) is 6.39. The zero-order chi connectivity index (χ0) is 14.3. The number of carbonyl (C=O) groups excluding carboxylic acids is 1. The smallest absolute Gasteiger partial charge is 0.183 e. The van der Waals surface area contributed by atoms with Crippen molar-refractivity contribution in [2.75, 3.05) is 0 Å². The first-order valence-corrected chi connectivity index (χ1v) is 7.93. The third-order valence-corrected chi connectivity index (χ3v) is 6.27. The van der Waals surface area contributed by atoms with Gasteiger partial charge in [-0.15, -0.1) is 0 Å². The number of ketones is 1. The van der Waals surface area contributed by atoms with Crippen LogP contribution in [0, 0.1) is 6.92 Å². The second-order valence-corrected chi connectivity index (χ2v) is 7.58. The maximum Gasteiger partial charge on any atom is 0.183 e. The molecule has 19 heavy (non-hydrogen) atoms. The molecule has 0 amide bonds. The van der Waals surface area contributed by atoms with Crippen molar-refractivity contribution in [3.8, 4) is 0 Å². The lowest BCUT2D eigenvalue weighted by atomic mass is 9.82. The number of hydrogen-bond acceptors (Lipinski definition) is 4. The number of benzene rings is 1. The van der Waals surface area contributed by atoms with Gasteiger partial charge in [0.15, 0.2) is 15.6 Å². The quantitative estimate of drug-likeness (QED) is 0.893. The summed E-state index contributed by atoms with van der Waals surface area (Å²) in [6.07, 6.45) is 1.39. The van der Waals surface area contributed by atoms with Gasteiger partial charge in [-0.1, -0.05) is 17.7 Å². The second kappa shape index (κ2) is 4.72. The van der Waals surface area contributed by atoms with Gasteiger partial charge in [0, 0.05) is 6.42 Å². The maximum absolute atomic E-state index is 12.6. The highest BCUT2D eigenvalue weighted by atomic mass is 32.2. The van der Waals surface area contributed by atoms with Crippen LogP contribution >= 0.6 is 0 Å². The van der Waals surface area contributed by atoms with Crippen molar-refractivity contribution in [2.45, 2.75) is 48.8 Å². The summed E-state index contributed by atoms with van der Waals surface area (Å²) in [5, 5.41) is -0.830. The highest BCUT2D eigenvalue weighted by molar-refractivity contribution is 7.92. The molecular weight excluding hydrogens is 262 g/mol. The second-order valence-electron chi connectivity index (χ2n) is 5.44. The van der Waals surface area contributed by atoms with Crippen LogP contribution in [0.4, 0.5) is 0 Å². The summed E-state index contributed by atoms with van der Waals surface area (Å²) in [6.45, 7) is 3.43. The van der Waals surface area contributed by atoms with Crippen molar-refractivity contribution in [2.24, 2.45) is 5.73 Å². The fourth-order valence-corrected chi connectivity index (χ4v) is 4.66. The Hall–Kier alpha value is -1.20. The molecule has 5 heteroatoms. The van der Waals surface area contributed by atoms with Gasteiger partial charge in [-0.05, 0) is 38.8 Å². The summed E-state index contributed by atoms with van der Waals surface area (Å²) in [6, 6.07) is 6.68. The van der Waals surface area contributed by atoms with Gasteiger partial charge < -0.3 is 5.73 Å². The van der Waals surface area contributed by atoms with Crippen molar-refractivity contribution >= 4 is 15.6 Å². The average molecular weight is 281 g/mol.